The second kappa shape index (κ2) is 7.65. The zero-order chi connectivity index (χ0) is 23.2. The summed E-state index contributed by atoms with van der Waals surface area (Å²) in [5.74, 6) is -4.93. The summed E-state index contributed by atoms with van der Waals surface area (Å²) in [6.45, 7) is 0. The molecule has 3 aromatic rings. The minimum atomic E-state index is -1.06. The molecule has 0 radical (unpaired) electrons. The largest absolute Gasteiger partial charge is 0.508 e. The van der Waals surface area contributed by atoms with Crippen LogP contribution in [0.25, 0.3) is 0 Å². The van der Waals surface area contributed by atoms with Crippen molar-refractivity contribution in [2.75, 3.05) is 0 Å². The smallest absolute Gasteiger partial charge is 0.338 e. The van der Waals surface area contributed by atoms with Gasteiger partial charge in [0, 0.05) is 18.1 Å². The number of fused-ring (bicyclic) bond motifs is 1. The van der Waals surface area contributed by atoms with Gasteiger partial charge in [0.2, 0.25) is 0 Å². The predicted molar refractivity (Wildman–Crippen MR) is 107 cm³/mol. The van der Waals surface area contributed by atoms with Crippen molar-refractivity contribution >= 4 is 5.97 Å². The highest BCUT2D eigenvalue weighted by Gasteiger charge is 2.36. The van der Waals surface area contributed by atoms with Crippen LogP contribution >= 0.6 is 0 Å². The number of aromatic hydroxyl groups is 7. The van der Waals surface area contributed by atoms with Crippen molar-refractivity contribution in [2.24, 2.45) is 0 Å². The van der Waals surface area contributed by atoms with Crippen LogP contribution in [0.15, 0.2) is 42.5 Å². The molecule has 10 nitrogen and oxygen atoms in total. The van der Waals surface area contributed by atoms with Gasteiger partial charge in [-0.2, -0.15) is 0 Å². The van der Waals surface area contributed by atoms with E-state index in [-0.39, 0.29) is 29.0 Å². The van der Waals surface area contributed by atoms with E-state index in [2.05, 4.69) is 0 Å². The molecule has 1 aliphatic heterocycles. The summed E-state index contributed by atoms with van der Waals surface area (Å²) in [6, 6.07) is 8.46. The van der Waals surface area contributed by atoms with E-state index in [1.165, 1.54) is 12.1 Å². The summed E-state index contributed by atoms with van der Waals surface area (Å²) in [4.78, 5) is 12.7. The first-order chi connectivity index (χ1) is 15.1. The van der Waals surface area contributed by atoms with Gasteiger partial charge in [-0.1, -0.05) is 6.07 Å². The topological polar surface area (TPSA) is 177 Å². The highest BCUT2D eigenvalue weighted by atomic mass is 16.6. The standard InChI is InChI=1S/C22H18O10/c23-12-2-1-9-7-18(32-22(30)11-5-15(26)20(29)16(27)6-11)21(31-17(9)8-12)10-3-13(24)19(28)14(25)4-10/h1-6,8,18,21,23-29H,7H2/t18-,21-/m1/s1. The maximum absolute atomic E-state index is 12.7. The SMILES string of the molecule is O=C(O[C@@H]1Cc2ccc(O)cc2O[C@@H]1c1cc(O)c(O)c(O)c1)c1cc(O)c(O)c(O)c1. The number of hydrogen-bond acceptors (Lipinski definition) is 10. The van der Waals surface area contributed by atoms with E-state index in [4.69, 9.17) is 9.47 Å². The third-order valence-electron chi connectivity index (χ3n) is 5.05. The Morgan fingerprint density at radius 2 is 1.38 bits per heavy atom. The fourth-order valence-electron chi connectivity index (χ4n) is 3.46. The first-order valence-corrected chi connectivity index (χ1v) is 9.33. The molecule has 0 spiro atoms. The lowest BCUT2D eigenvalue weighted by Gasteiger charge is -2.33. The molecular weight excluding hydrogens is 424 g/mol. The number of phenols is 7. The number of carbonyl (C=O) groups is 1. The summed E-state index contributed by atoms with van der Waals surface area (Å²) in [6.07, 6.45) is -1.96. The Hall–Kier alpha value is -4.47. The van der Waals surface area contributed by atoms with Crippen LogP contribution in [0.5, 0.6) is 46.0 Å². The molecule has 0 saturated carbocycles. The van der Waals surface area contributed by atoms with Crippen molar-refractivity contribution < 1.29 is 50.0 Å². The zero-order valence-corrected chi connectivity index (χ0v) is 16.3. The molecule has 7 N–H and O–H groups in total. The average Bonchev–Trinajstić information content (AvgIpc) is 2.74. The maximum atomic E-state index is 12.7. The third kappa shape index (κ3) is 3.69. The van der Waals surface area contributed by atoms with Crippen molar-refractivity contribution in [3.8, 4) is 46.0 Å². The molecule has 0 bridgehead atoms. The van der Waals surface area contributed by atoms with Gasteiger partial charge in [0.25, 0.3) is 0 Å². The summed E-state index contributed by atoms with van der Waals surface area (Å²) in [7, 11) is 0. The summed E-state index contributed by atoms with van der Waals surface area (Å²) in [5.41, 5.74) is 0.519. The Labute approximate surface area is 180 Å². The number of esters is 1. The normalized spacial score (nSPS) is 17.2. The van der Waals surface area contributed by atoms with Crippen LogP contribution in [0, 0.1) is 0 Å². The highest BCUT2D eigenvalue weighted by Crippen LogP contribution is 2.43. The van der Waals surface area contributed by atoms with Gasteiger partial charge >= 0.3 is 5.97 Å². The Morgan fingerprint density at radius 1 is 0.812 bits per heavy atom. The summed E-state index contributed by atoms with van der Waals surface area (Å²) in [5, 5.41) is 68.0. The Bertz CT molecular complexity index is 1170. The molecular formula is C22H18O10. The van der Waals surface area contributed by atoms with E-state index in [9.17, 15) is 40.5 Å². The molecule has 0 amide bonds. The lowest BCUT2D eigenvalue weighted by molar-refractivity contribution is -0.0184. The van der Waals surface area contributed by atoms with Crippen LogP contribution in [-0.2, 0) is 11.2 Å². The van der Waals surface area contributed by atoms with Gasteiger partial charge in [-0.15, -0.1) is 0 Å². The zero-order valence-electron chi connectivity index (χ0n) is 16.3. The monoisotopic (exact) mass is 442 g/mol. The van der Waals surface area contributed by atoms with Crippen molar-refractivity contribution in [1.29, 1.82) is 0 Å². The van der Waals surface area contributed by atoms with Crippen molar-refractivity contribution in [3.63, 3.8) is 0 Å². The van der Waals surface area contributed by atoms with Crippen LogP contribution < -0.4 is 4.74 Å². The summed E-state index contributed by atoms with van der Waals surface area (Å²) >= 11 is 0. The second-order valence-electron chi connectivity index (χ2n) is 7.25. The van der Waals surface area contributed by atoms with E-state index >= 15 is 0 Å². The quantitative estimate of drug-likeness (QED) is 0.235. The molecule has 166 valence electrons. The van der Waals surface area contributed by atoms with E-state index in [1.54, 1.807) is 6.07 Å². The van der Waals surface area contributed by atoms with Crippen LogP contribution in [0.1, 0.15) is 27.6 Å². The van der Waals surface area contributed by atoms with Crippen LogP contribution in [0.3, 0.4) is 0 Å². The van der Waals surface area contributed by atoms with Crippen LogP contribution in [0.2, 0.25) is 0 Å². The summed E-state index contributed by atoms with van der Waals surface area (Å²) < 4.78 is 11.4. The first kappa shape index (κ1) is 20.8. The van der Waals surface area contributed by atoms with Gasteiger partial charge in [-0.25, -0.2) is 4.79 Å². The van der Waals surface area contributed by atoms with Crippen molar-refractivity contribution in [3.05, 3.63) is 59.2 Å². The molecule has 32 heavy (non-hydrogen) atoms. The first-order valence-electron chi connectivity index (χ1n) is 9.33. The fraction of sp³-hybridized carbons (Fsp3) is 0.136. The van der Waals surface area contributed by atoms with Gasteiger partial charge in [0.05, 0.1) is 5.56 Å². The molecule has 10 heteroatoms. The second-order valence-corrected chi connectivity index (χ2v) is 7.25. The van der Waals surface area contributed by atoms with Gasteiger partial charge in [0.1, 0.15) is 17.6 Å². The number of benzene rings is 3. The highest BCUT2D eigenvalue weighted by molar-refractivity contribution is 5.91. The lowest BCUT2D eigenvalue weighted by Crippen LogP contribution is -2.34. The molecule has 1 aliphatic rings. The van der Waals surface area contributed by atoms with Gasteiger partial charge in [-0.3, -0.25) is 0 Å². The molecule has 0 fully saturated rings. The van der Waals surface area contributed by atoms with Gasteiger partial charge < -0.3 is 45.2 Å². The molecule has 3 aromatic carbocycles. The predicted octanol–water partition coefficient (Wildman–Crippen LogP) is 2.53. The number of hydrogen-bond donors (Lipinski definition) is 7. The number of phenolic OH excluding ortho intramolecular Hbond substituents is 7. The van der Waals surface area contributed by atoms with Crippen molar-refractivity contribution in [2.45, 2.75) is 18.6 Å². The molecule has 4 rings (SSSR count). The van der Waals surface area contributed by atoms with Crippen molar-refractivity contribution in [1.82, 2.24) is 0 Å². The molecule has 2 atom stereocenters. The van der Waals surface area contributed by atoms with Crippen LogP contribution in [-0.4, -0.2) is 47.8 Å². The van der Waals surface area contributed by atoms with E-state index in [1.807, 2.05) is 0 Å². The lowest BCUT2D eigenvalue weighted by atomic mass is 9.94. The third-order valence-corrected chi connectivity index (χ3v) is 5.05. The number of ether oxygens (including phenoxy) is 2. The number of rotatable bonds is 3. The molecule has 0 unspecified atom stereocenters. The molecule has 0 aliphatic carbocycles. The maximum Gasteiger partial charge on any atom is 0.338 e. The fourth-order valence-corrected chi connectivity index (χ4v) is 3.46. The molecule has 0 aromatic heterocycles. The van der Waals surface area contributed by atoms with E-state index < -0.39 is 52.7 Å². The van der Waals surface area contributed by atoms with Crippen LogP contribution in [0.4, 0.5) is 0 Å². The molecule has 1 heterocycles. The van der Waals surface area contributed by atoms with Gasteiger partial charge in [-0.05, 0) is 35.9 Å². The minimum absolute atomic E-state index is 0.0654. The van der Waals surface area contributed by atoms with Gasteiger partial charge in [0.15, 0.2) is 40.6 Å². The number of carbonyl (C=O) groups excluding carboxylic acids is 1. The Balaban J connectivity index is 1.72. The van der Waals surface area contributed by atoms with E-state index in [0.29, 0.717) is 5.56 Å². The Kier molecular flexibility index (Phi) is 4.97. The van der Waals surface area contributed by atoms with E-state index in [0.717, 1.165) is 24.3 Å². The minimum Gasteiger partial charge on any atom is -0.508 e. The molecule has 0 saturated heterocycles. The average molecular weight is 442 g/mol. The Morgan fingerprint density at radius 3 is 1.97 bits per heavy atom.